The van der Waals surface area contributed by atoms with Crippen molar-refractivity contribution in [2.24, 2.45) is 0 Å². The first-order valence-corrected chi connectivity index (χ1v) is 6.89. The van der Waals surface area contributed by atoms with Crippen LogP contribution in [0.3, 0.4) is 0 Å². The summed E-state index contributed by atoms with van der Waals surface area (Å²) >= 11 is 1.99. The van der Waals surface area contributed by atoms with Crippen LogP contribution in [0.15, 0.2) is 12.1 Å². The van der Waals surface area contributed by atoms with Crippen LogP contribution in [-0.4, -0.2) is 39.0 Å². The van der Waals surface area contributed by atoms with E-state index in [9.17, 15) is 0 Å². The van der Waals surface area contributed by atoms with Gasteiger partial charge in [0.05, 0.1) is 5.52 Å². The minimum absolute atomic E-state index is 0.506. The number of anilines is 1. The first kappa shape index (κ1) is 10.9. The highest BCUT2D eigenvalue weighted by Gasteiger charge is 2.15. The van der Waals surface area contributed by atoms with Gasteiger partial charge >= 0.3 is 0 Å². The summed E-state index contributed by atoms with van der Waals surface area (Å²) in [5, 5.41) is 3.50. The monoisotopic (exact) mass is 249 g/mol. The predicted molar refractivity (Wildman–Crippen MR) is 71.1 cm³/mol. The number of nitrogens with zero attached hydrogens (tertiary/aromatic N) is 2. The van der Waals surface area contributed by atoms with Crippen LogP contribution in [0.4, 0.5) is 5.82 Å². The van der Waals surface area contributed by atoms with Crippen molar-refractivity contribution in [3.05, 3.63) is 18.0 Å². The fourth-order valence-electron chi connectivity index (χ4n) is 2.04. The molecule has 0 spiro atoms. The Labute approximate surface area is 104 Å². The molecule has 0 amide bonds. The summed E-state index contributed by atoms with van der Waals surface area (Å²) in [6, 6.07) is 4.22. The molecule has 0 saturated carbocycles. The summed E-state index contributed by atoms with van der Waals surface area (Å²) in [7, 11) is 0. The van der Waals surface area contributed by atoms with Gasteiger partial charge in [-0.15, -0.1) is 0 Å². The lowest BCUT2D eigenvalue weighted by Crippen LogP contribution is -2.39. The highest BCUT2D eigenvalue weighted by Crippen LogP contribution is 2.14. The number of H-pyrrole nitrogens is 1. The molecule has 2 aromatic rings. The molecule has 5 nitrogen and oxygen atoms in total. The number of nitrogens with two attached hydrogens (primary N) is 1. The van der Waals surface area contributed by atoms with Crippen LogP contribution in [0, 0.1) is 0 Å². The molecule has 0 aromatic carbocycles. The SMILES string of the molecule is Nc1ccc2[nH]c(CC3CSCCN3)nc2n1. The number of nitrogen functional groups attached to an aromatic ring is 1. The third kappa shape index (κ3) is 2.37. The molecule has 4 N–H and O–H groups in total. The maximum Gasteiger partial charge on any atom is 0.179 e. The second kappa shape index (κ2) is 4.54. The van der Waals surface area contributed by atoms with E-state index in [1.165, 1.54) is 5.75 Å². The van der Waals surface area contributed by atoms with E-state index in [2.05, 4.69) is 20.3 Å². The Kier molecular flexibility index (Phi) is 2.90. The topological polar surface area (TPSA) is 79.6 Å². The summed E-state index contributed by atoms with van der Waals surface area (Å²) in [5.41, 5.74) is 7.30. The summed E-state index contributed by atoms with van der Waals surface area (Å²) in [6.45, 7) is 1.08. The van der Waals surface area contributed by atoms with Crippen LogP contribution in [-0.2, 0) is 6.42 Å². The fourth-order valence-corrected chi connectivity index (χ4v) is 2.99. The number of fused-ring (bicyclic) bond motifs is 1. The molecule has 1 unspecified atom stereocenters. The zero-order valence-electron chi connectivity index (χ0n) is 9.44. The molecule has 1 fully saturated rings. The molecule has 6 heteroatoms. The molecule has 1 atom stereocenters. The predicted octanol–water partition coefficient (Wildman–Crippen LogP) is 0.788. The van der Waals surface area contributed by atoms with Crippen molar-refractivity contribution in [1.29, 1.82) is 0 Å². The minimum atomic E-state index is 0.506. The second-order valence-corrected chi connectivity index (χ2v) is 5.37. The second-order valence-electron chi connectivity index (χ2n) is 4.22. The molecule has 17 heavy (non-hydrogen) atoms. The molecule has 0 aliphatic carbocycles. The van der Waals surface area contributed by atoms with E-state index in [0.717, 1.165) is 30.1 Å². The van der Waals surface area contributed by atoms with Crippen molar-refractivity contribution in [3.63, 3.8) is 0 Å². The average Bonchev–Trinajstić information content (AvgIpc) is 2.71. The van der Waals surface area contributed by atoms with Crippen molar-refractivity contribution >= 4 is 28.7 Å². The van der Waals surface area contributed by atoms with Crippen molar-refractivity contribution in [3.8, 4) is 0 Å². The summed E-state index contributed by atoms with van der Waals surface area (Å²) < 4.78 is 0. The first-order chi connectivity index (χ1) is 8.31. The zero-order chi connectivity index (χ0) is 11.7. The number of nitrogens with one attached hydrogen (secondary N) is 2. The van der Waals surface area contributed by atoms with Gasteiger partial charge in [-0.3, -0.25) is 0 Å². The molecule has 90 valence electrons. The molecular weight excluding hydrogens is 234 g/mol. The van der Waals surface area contributed by atoms with Crippen LogP contribution in [0.1, 0.15) is 5.82 Å². The summed E-state index contributed by atoms with van der Waals surface area (Å²) in [5.74, 6) is 3.85. The van der Waals surface area contributed by atoms with Gasteiger partial charge in [0.25, 0.3) is 0 Å². The third-order valence-electron chi connectivity index (χ3n) is 2.85. The summed E-state index contributed by atoms with van der Waals surface area (Å²) in [6.07, 6.45) is 0.920. The third-order valence-corrected chi connectivity index (χ3v) is 3.99. The highest BCUT2D eigenvalue weighted by atomic mass is 32.2. The molecule has 1 saturated heterocycles. The standard InChI is InChI=1S/C11H15N5S/c12-9-2-1-8-11(15-9)16-10(14-8)5-7-6-17-4-3-13-7/h1-2,7,13H,3-6H2,(H3,12,14,15,16). The molecule has 1 aliphatic heterocycles. The number of rotatable bonds is 2. The molecule has 3 heterocycles. The molecule has 0 radical (unpaired) electrons. The first-order valence-electron chi connectivity index (χ1n) is 5.73. The van der Waals surface area contributed by atoms with Crippen LogP contribution in [0.5, 0.6) is 0 Å². The van der Waals surface area contributed by atoms with Gasteiger partial charge in [-0.2, -0.15) is 11.8 Å². The Morgan fingerprint density at radius 2 is 2.35 bits per heavy atom. The lowest BCUT2D eigenvalue weighted by atomic mass is 10.2. The lowest BCUT2D eigenvalue weighted by molar-refractivity contribution is 0.553. The normalized spacial score (nSPS) is 20.8. The maximum atomic E-state index is 5.64. The number of aromatic amines is 1. The Morgan fingerprint density at radius 1 is 1.41 bits per heavy atom. The number of imidazole rings is 1. The van der Waals surface area contributed by atoms with E-state index in [-0.39, 0.29) is 0 Å². The molecule has 1 aliphatic rings. The van der Waals surface area contributed by atoms with Crippen molar-refractivity contribution in [2.45, 2.75) is 12.5 Å². The van der Waals surface area contributed by atoms with Crippen LogP contribution in [0.25, 0.3) is 11.2 Å². The van der Waals surface area contributed by atoms with Crippen molar-refractivity contribution < 1.29 is 0 Å². The quantitative estimate of drug-likeness (QED) is 0.733. The van der Waals surface area contributed by atoms with E-state index >= 15 is 0 Å². The Balaban J connectivity index is 1.80. The fraction of sp³-hybridized carbons (Fsp3) is 0.455. The van der Waals surface area contributed by atoms with Gasteiger partial charge in [0.2, 0.25) is 0 Å². The average molecular weight is 249 g/mol. The molecule has 0 bridgehead atoms. The van der Waals surface area contributed by atoms with Crippen LogP contribution >= 0.6 is 11.8 Å². The van der Waals surface area contributed by atoms with E-state index in [4.69, 9.17) is 5.73 Å². The van der Waals surface area contributed by atoms with Gasteiger partial charge in [0, 0.05) is 30.5 Å². The van der Waals surface area contributed by atoms with Gasteiger partial charge in [-0.1, -0.05) is 0 Å². The smallest absolute Gasteiger partial charge is 0.179 e. The van der Waals surface area contributed by atoms with Gasteiger partial charge < -0.3 is 16.0 Å². The number of hydrogen-bond acceptors (Lipinski definition) is 5. The van der Waals surface area contributed by atoms with Crippen LogP contribution in [0.2, 0.25) is 0 Å². The number of pyridine rings is 1. The Hall–Kier alpha value is -1.27. The van der Waals surface area contributed by atoms with E-state index in [0.29, 0.717) is 17.5 Å². The highest BCUT2D eigenvalue weighted by molar-refractivity contribution is 7.99. The lowest BCUT2D eigenvalue weighted by Gasteiger charge is -2.21. The van der Waals surface area contributed by atoms with Gasteiger partial charge in [0.1, 0.15) is 11.6 Å². The molecule has 3 rings (SSSR count). The van der Waals surface area contributed by atoms with Gasteiger partial charge in [-0.05, 0) is 12.1 Å². The Bertz CT molecular complexity index is 518. The number of hydrogen-bond donors (Lipinski definition) is 3. The molecule has 2 aromatic heterocycles. The minimum Gasteiger partial charge on any atom is -0.384 e. The van der Waals surface area contributed by atoms with E-state index < -0.39 is 0 Å². The van der Waals surface area contributed by atoms with Crippen LogP contribution < -0.4 is 11.1 Å². The zero-order valence-corrected chi connectivity index (χ0v) is 10.3. The largest absolute Gasteiger partial charge is 0.384 e. The van der Waals surface area contributed by atoms with Crippen molar-refractivity contribution in [1.82, 2.24) is 20.3 Å². The number of aromatic nitrogens is 3. The van der Waals surface area contributed by atoms with Gasteiger partial charge in [0.15, 0.2) is 5.65 Å². The van der Waals surface area contributed by atoms with E-state index in [1.807, 2.05) is 17.8 Å². The Morgan fingerprint density at radius 3 is 3.18 bits per heavy atom. The molecular formula is C11H15N5S. The van der Waals surface area contributed by atoms with Gasteiger partial charge in [-0.25, -0.2) is 9.97 Å². The van der Waals surface area contributed by atoms with E-state index in [1.54, 1.807) is 6.07 Å². The van der Waals surface area contributed by atoms with Crippen molar-refractivity contribution in [2.75, 3.05) is 23.8 Å². The number of thioether (sulfide) groups is 1. The summed E-state index contributed by atoms with van der Waals surface area (Å²) in [4.78, 5) is 12.0. The maximum absolute atomic E-state index is 5.64.